The van der Waals surface area contributed by atoms with Gasteiger partial charge in [-0.1, -0.05) is 6.07 Å². The van der Waals surface area contributed by atoms with Crippen molar-refractivity contribution in [1.29, 1.82) is 0 Å². The minimum Gasteiger partial charge on any atom is -0.403 e. The summed E-state index contributed by atoms with van der Waals surface area (Å²) in [4.78, 5) is 9.88. The van der Waals surface area contributed by atoms with Crippen LogP contribution in [0.3, 0.4) is 0 Å². The van der Waals surface area contributed by atoms with Gasteiger partial charge in [-0.2, -0.15) is 12.1 Å². The molecule has 0 atom stereocenters. The minimum atomic E-state index is -0.442. The Balaban J connectivity index is 0.00000121. The van der Waals surface area contributed by atoms with E-state index in [1.165, 1.54) is 6.07 Å². The van der Waals surface area contributed by atoms with Crippen molar-refractivity contribution in [1.82, 2.24) is 0 Å². The first-order valence-corrected chi connectivity index (χ1v) is 3.08. The molecule has 0 heterocycles. The second-order valence-corrected chi connectivity index (χ2v) is 1.95. The Bertz CT molecular complexity index is 278. The predicted molar refractivity (Wildman–Crippen MR) is 41.5 cm³/mol. The Morgan fingerprint density at radius 2 is 2.33 bits per heavy atom. The molecular formula is C7H7N2O2Re-. The first-order valence-electron chi connectivity index (χ1n) is 3.08. The van der Waals surface area contributed by atoms with Gasteiger partial charge in [-0.25, -0.2) is 0 Å². The zero-order valence-corrected chi connectivity index (χ0v) is 9.09. The number of nitrogens with one attached hydrogen (secondary N) is 1. The van der Waals surface area contributed by atoms with Gasteiger partial charge in [0.2, 0.25) is 0 Å². The molecule has 12 heavy (non-hydrogen) atoms. The van der Waals surface area contributed by atoms with Crippen LogP contribution in [0.25, 0.3) is 0 Å². The van der Waals surface area contributed by atoms with Gasteiger partial charge in [0.05, 0.1) is 0 Å². The third-order valence-corrected chi connectivity index (χ3v) is 1.31. The monoisotopic (exact) mass is 338 g/mol. The molecule has 0 bridgehead atoms. The molecule has 0 spiro atoms. The van der Waals surface area contributed by atoms with Gasteiger partial charge in [0.25, 0.3) is 0 Å². The van der Waals surface area contributed by atoms with E-state index in [-0.39, 0.29) is 26.1 Å². The van der Waals surface area contributed by atoms with E-state index in [4.69, 9.17) is 0 Å². The minimum absolute atomic E-state index is 0. The van der Waals surface area contributed by atoms with Crippen LogP contribution in [0.15, 0.2) is 18.2 Å². The molecule has 1 aromatic rings. The summed E-state index contributed by atoms with van der Waals surface area (Å²) in [6.07, 6.45) is 0. The van der Waals surface area contributed by atoms with Crippen LogP contribution in [0.5, 0.6) is 0 Å². The van der Waals surface area contributed by atoms with E-state index < -0.39 is 4.92 Å². The predicted octanol–water partition coefficient (Wildman–Crippen LogP) is 1.43. The van der Waals surface area contributed by atoms with Crippen molar-refractivity contribution in [2.75, 3.05) is 12.4 Å². The van der Waals surface area contributed by atoms with Crippen molar-refractivity contribution in [3.05, 3.63) is 34.4 Å². The molecule has 0 aliphatic heterocycles. The second kappa shape index (κ2) is 4.86. The number of rotatable bonds is 2. The van der Waals surface area contributed by atoms with Crippen molar-refractivity contribution in [3.8, 4) is 0 Å². The van der Waals surface area contributed by atoms with Crippen LogP contribution in [-0.4, -0.2) is 12.0 Å². The first-order chi connectivity index (χ1) is 5.25. The summed E-state index contributed by atoms with van der Waals surface area (Å²) >= 11 is 0. The zero-order chi connectivity index (χ0) is 8.27. The van der Waals surface area contributed by atoms with Crippen LogP contribution in [0.4, 0.5) is 11.4 Å². The molecule has 4 nitrogen and oxygen atoms in total. The van der Waals surface area contributed by atoms with E-state index in [2.05, 4.69) is 11.4 Å². The topological polar surface area (TPSA) is 55.2 Å². The maximum absolute atomic E-state index is 10.3. The molecule has 1 rings (SSSR count). The van der Waals surface area contributed by atoms with Gasteiger partial charge in [-0.3, -0.25) is 10.1 Å². The molecule has 1 N–H and O–H groups in total. The molecule has 0 unspecified atom stereocenters. The van der Waals surface area contributed by atoms with E-state index >= 15 is 0 Å². The molecule has 0 saturated heterocycles. The standard InChI is InChI=1S/C7H7N2O2.Re/c1-8-6-4-2-3-5-7(6)9(10)11;/h2,4-5,8H,1H3;/q-1;. The number of benzene rings is 1. The van der Waals surface area contributed by atoms with Gasteiger partial charge >= 0.3 is 0 Å². The van der Waals surface area contributed by atoms with Gasteiger partial charge in [0, 0.05) is 32.4 Å². The Morgan fingerprint density at radius 3 is 2.75 bits per heavy atom. The fraction of sp³-hybridized carbons (Fsp3) is 0.143. The van der Waals surface area contributed by atoms with Crippen molar-refractivity contribution < 1.29 is 25.3 Å². The average molecular weight is 337 g/mol. The number of nitrogens with zero attached hydrogens (tertiary/aromatic N) is 1. The molecule has 1 aromatic carbocycles. The van der Waals surface area contributed by atoms with Crippen molar-refractivity contribution >= 4 is 11.4 Å². The molecule has 0 fully saturated rings. The SMILES string of the molecule is CNc1cc[c-]cc1[N+](=O)[O-].[Re]. The van der Waals surface area contributed by atoms with Crippen molar-refractivity contribution in [2.24, 2.45) is 0 Å². The van der Waals surface area contributed by atoms with Crippen LogP contribution >= 0.6 is 0 Å². The van der Waals surface area contributed by atoms with E-state index in [9.17, 15) is 10.1 Å². The van der Waals surface area contributed by atoms with Gasteiger partial charge < -0.3 is 5.32 Å². The molecule has 0 saturated carbocycles. The molecule has 0 aliphatic carbocycles. The fourth-order valence-electron chi connectivity index (χ4n) is 0.784. The Morgan fingerprint density at radius 1 is 1.67 bits per heavy atom. The van der Waals surface area contributed by atoms with Crippen LogP contribution in [0.2, 0.25) is 0 Å². The fourth-order valence-corrected chi connectivity index (χ4v) is 0.784. The quantitative estimate of drug-likeness (QED) is 0.505. The number of anilines is 1. The number of hydrogen-bond donors (Lipinski definition) is 1. The number of nitro groups is 1. The summed E-state index contributed by atoms with van der Waals surface area (Å²) < 4.78 is 0. The average Bonchev–Trinajstić information content (AvgIpc) is 2.04. The second-order valence-electron chi connectivity index (χ2n) is 1.95. The maximum atomic E-state index is 10.3. The molecule has 0 amide bonds. The third-order valence-electron chi connectivity index (χ3n) is 1.31. The van der Waals surface area contributed by atoms with Crippen LogP contribution in [-0.2, 0) is 20.4 Å². The molecule has 0 aliphatic rings. The number of nitro benzene ring substituents is 1. The molecule has 1 radical (unpaired) electrons. The maximum Gasteiger partial charge on any atom is 0.185 e. The summed E-state index contributed by atoms with van der Waals surface area (Å²) in [5.74, 6) is 0. The molecular weight excluding hydrogens is 330 g/mol. The van der Waals surface area contributed by atoms with Crippen molar-refractivity contribution in [2.45, 2.75) is 0 Å². The van der Waals surface area contributed by atoms with Gasteiger partial charge in [-0.15, -0.1) is 6.07 Å². The first kappa shape index (κ1) is 11.1. The van der Waals surface area contributed by atoms with Gasteiger partial charge in [0.1, 0.15) is 0 Å². The van der Waals surface area contributed by atoms with Gasteiger partial charge in [-0.05, 0) is 5.69 Å². The Kier molecular flexibility index (Phi) is 4.49. The van der Waals surface area contributed by atoms with Crippen LogP contribution in [0, 0.1) is 16.2 Å². The zero-order valence-electron chi connectivity index (χ0n) is 6.37. The van der Waals surface area contributed by atoms with E-state index in [1.807, 2.05) is 0 Å². The largest absolute Gasteiger partial charge is 0.403 e. The van der Waals surface area contributed by atoms with Crippen molar-refractivity contribution in [3.63, 3.8) is 0 Å². The summed E-state index contributed by atoms with van der Waals surface area (Å²) in [6, 6.07) is 7.21. The van der Waals surface area contributed by atoms with Crippen LogP contribution in [0.1, 0.15) is 0 Å². The van der Waals surface area contributed by atoms with Gasteiger partial charge in [0.15, 0.2) is 5.69 Å². The van der Waals surface area contributed by atoms with E-state index in [0.29, 0.717) is 5.69 Å². The Hall–Kier alpha value is -0.918. The molecule has 5 heteroatoms. The molecule has 65 valence electrons. The summed E-state index contributed by atoms with van der Waals surface area (Å²) in [5, 5.41) is 13.0. The smallest absolute Gasteiger partial charge is 0.185 e. The molecule has 0 aromatic heterocycles. The Labute approximate surface area is 83.8 Å². The third kappa shape index (κ3) is 2.29. The van der Waals surface area contributed by atoms with Crippen LogP contribution < -0.4 is 5.32 Å². The van der Waals surface area contributed by atoms with E-state index in [1.54, 1.807) is 19.2 Å². The van der Waals surface area contributed by atoms with E-state index in [0.717, 1.165) is 0 Å². The summed E-state index contributed by atoms with van der Waals surface area (Å²) in [5.41, 5.74) is 0.559. The summed E-state index contributed by atoms with van der Waals surface area (Å²) in [7, 11) is 1.64. The summed E-state index contributed by atoms with van der Waals surface area (Å²) in [6.45, 7) is 0. The normalized spacial score (nSPS) is 8.42. The number of hydrogen-bond acceptors (Lipinski definition) is 3.